The van der Waals surface area contributed by atoms with Gasteiger partial charge in [0.15, 0.2) is 6.10 Å². The Hall–Kier alpha value is -3.17. The number of aliphatic hydroxyl groups excluding tert-OH is 4. The van der Waals surface area contributed by atoms with Gasteiger partial charge in [-0.2, -0.15) is 9.29 Å². The number of Topliss-reactive ketones (excluding diaryl/α,β-unsaturated/α-hetero) is 1. The summed E-state index contributed by atoms with van der Waals surface area (Å²) in [6, 6.07) is 1.21. The zero-order valence-corrected chi connectivity index (χ0v) is 43.3. The minimum atomic E-state index is -5.72. The molecule has 0 radical (unpaired) electrons. The maximum atomic E-state index is 14.2. The second kappa shape index (κ2) is 33.6. The van der Waals surface area contributed by atoms with Gasteiger partial charge in [-0.15, -0.1) is 0 Å². The monoisotopic (exact) mass is 1050 g/mol. The lowest BCUT2D eigenvalue weighted by Crippen LogP contribution is -2.51. The number of aliphatic hydroxyl groups is 4. The van der Waals surface area contributed by atoms with Crippen molar-refractivity contribution in [3.8, 4) is 0 Å². The molecule has 0 saturated carbocycles. The summed E-state index contributed by atoms with van der Waals surface area (Å²) in [5.41, 5.74) is 4.72. The number of ether oxygens (including phenoxy) is 3. The van der Waals surface area contributed by atoms with Gasteiger partial charge in [0.05, 0.1) is 37.4 Å². The molecule has 1 aromatic rings. The summed E-state index contributed by atoms with van der Waals surface area (Å²) in [6.07, 6.45) is 11.7. The molecular weight excluding hydrogens is 968 g/mol. The number of ketones is 1. The highest BCUT2D eigenvalue weighted by Crippen LogP contribution is 2.60. The number of unbranched alkanes of at least 4 members (excludes halogenated alkanes) is 14. The Morgan fingerprint density at radius 3 is 2.11 bits per heavy atom. The first kappa shape index (κ1) is 62.1. The van der Waals surface area contributed by atoms with E-state index in [0.717, 1.165) is 49.3 Å². The Balaban J connectivity index is 1.82. The van der Waals surface area contributed by atoms with E-state index in [1.807, 2.05) is 6.92 Å². The lowest BCUT2D eigenvalue weighted by atomic mass is 9.83. The van der Waals surface area contributed by atoms with E-state index in [2.05, 4.69) is 16.2 Å². The molecule has 2 aliphatic rings. The quantitative estimate of drug-likeness (QED) is 0.0256. The van der Waals surface area contributed by atoms with E-state index in [0.29, 0.717) is 19.3 Å². The molecular formula is C48H81N3O18P2. The van der Waals surface area contributed by atoms with Crippen LogP contribution in [0.15, 0.2) is 41.4 Å². The van der Waals surface area contributed by atoms with Crippen molar-refractivity contribution in [3.05, 3.63) is 47.1 Å². The standard InChI is InChI=1S/C48H81N3O18P2/c1-3-5-7-8-9-10-11-12-13-14-15-16-21-25-43(55)64-32-36-33-65-70(60,61)69-71(62,63)66-34-41-46(58)45(57)37(28-27-35(52)23-19-6-4-2)39(53)31-40(54)38(24-20-17-18-22-26-44(56)67-36)47(68-41)51-30-29-42(49)50-48(51)59/h17,20,27-30,35-39,41,45-47,52-53,57-58H,3-16,18-19,21-26,31-34H2,1-2H3,(H,60,61)(H,62,63)(H2,49,50,59)/t35-,36+,37-,38-,39+,41+,45-,46+,47+/m0/s1. The smallest absolute Gasteiger partial charge is 0.462 e. The van der Waals surface area contributed by atoms with Crippen molar-refractivity contribution in [2.75, 3.05) is 25.6 Å². The average molecular weight is 1050 g/mol. The molecule has 1 fully saturated rings. The van der Waals surface area contributed by atoms with Gasteiger partial charge in [-0.1, -0.05) is 134 Å². The fourth-order valence-electron chi connectivity index (χ4n) is 8.30. The molecule has 23 heteroatoms. The second-order valence-corrected chi connectivity index (χ2v) is 21.5. The van der Waals surface area contributed by atoms with Crippen molar-refractivity contribution in [2.45, 2.75) is 204 Å². The summed E-state index contributed by atoms with van der Waals surface area (Å²) >= 11 is 0. The summed E-state index contributed by atoms with van der Waals surface area (Å²) in [5, 5.41) is 45.4. The van der Waals surface area contributed by atoms with E-state index in [1.165, 1.54) is 69.6 Å². The van der Waals surface area contributed by atoms with Crippen molar-refractivity contribution < 1.29 is 81.3 Å². The summed E-state index contributed by atoms with van der Waals surface area (Å²) in [7, 11) is -11.3. The molecule has 2 unspecified atom stereocenters. The van der Waals surface area contributed by atoms with Crippen LogP contribution in [0.25, 0.3) is 0 Å². The molecule has 2 aliphatic heterocycles. The molecule has 3 rings (SSSR count). The van der Waals surface area contributed by atoms with Gasteiger partial charge < -0.3 is 50.2 Å². The molecule has 21 nitrogen and oxygen atoms in total. The van der Waals surface area contributed by atoms with Gasteiger partial charge in [0.1, 0.15) is 36.6 Å². The number of aromatic nitrogens is 2. The molecule has 0 amide bonds. The molecule has 8 N–H and O–H groups in total. The number of rotatable bonds is 23. The molecule has 2 bridgehead atoms. The highest BCUT2D eigenvalue weighted by Gasteiger charge is 2.45. The molecule has 3 heterocycles. The molecule has 1 aromatic heterocycles. The van der Waals surface area contributed by atoms with E-state index < -0.39 is 120 Å². The normalized spacial score (nSPS) is 29.4. The van der Waals surface area contributed by atoms with Gasteiger partial charge in [0.25, 0.3) is 0 Å². The van der Waals surface area contributed by atoms with Crippen molar-refractivity contribution in [1.82, 2.24) is 9.55 Å². The number of fused-ring (bicyclic) bond motifs is 3. The van der Waals surface area contributed by atoms with Crippen LogP contribution in [0.2, 0.25) is 0 Å². The number of carbonyl (C=O) groups is 3. The number of hydrogen-bond donors (Lipinski definition) is 7. The van der Waals surface area contributed by atoms with Crippen molar-refractivity contribution in [3.63, 3.8) is 0 Å². The highest BCUT2D eigenvalue weighted by molar-refractivity contribution is 7.61. The number of carbonyl (C=O) groups excluding carboxylic acids is 3. The molecule has 0 aliphatic carbocycles. The van der Waals surface area contributed by atoms with Crippen molar-refractivity contribution >= 4 is 39.2 Å². The van der Waals surface area contributed by atoms with E-state index in [1.54, 1.807) is 12.2 Å². The zero-order valence-electron chi connectivity index (χ0n) is 41.5. The summed E-state index contributed by atoms with van der Waals surface area (Å²) in [5.74, 6) is -5.12. The van der Waals surface area contributed by atoms with E-state index >= 15 is 0 Å². The minimum Gasteiger partial charge on any atom is -0.462 e. The number of hydrogen-bond acceptors (Lipinski definition) is 18. The number of phosphoric acid groups is 2. The summed E-state index contributed by atoms with van der Waals surface area (Å²) < 4.78 is 58.7. The minimum absolute atomic E-state index is 0.0791. The van der Waals surface area contributed by atoms with Gasteiger partial charge in [0.2, 0.25) is 0 Å². The molecule has 1 saturated heterocycles. The van der Waals surface area contributed by atoms with Crippen LogP contribution in [0.3, 0.4) is 0 Å². The number of esters is 2. The molecule has 406 valence electrons. The summed E-state index contributed by atoms with van der Waals surface area (Å²) in [6.45, 7) is 1.45. The van der Waals surface area contributed by atoms with Crippen molar-refractivity contribution in [2.24, 2.45) is 11.8 Å². The van der Waals surface area contributed by atoms with Crippen LogP contribution in [0.1, 0.15) is 168 Å². The van der Waals surface area contributed by atoms with Crippen LogP contribution in [0, 0.1) is 11.8 Å². The predicted molar refractivity (Wildman–Crippen MR) is 262 cm³/mol. The van der Waals surface area contributed by atoms with Gasteiger partial charge in [-0.3, -0.25) is 28.0 Å². The van der Waals surface area contributed by atoms with Crippen LogP contribution >= 0.6 is 15.6 Å². The third-order valence-corrected chi connectivity index (χ3v) is 15.0. The maximum Gasteiger partial charge on any atom is 0.481 e. The number of nitrogens with two attached hydrogens (primary N) is 1. The van der Waals surface area contributed by atoms with Crippen LogP contribution in [-0.4, -0.2) is 114 Å². The fourth-order valence-corrected chi connectivity index (χ4v) is 10.4. The van der Waals surface area contributed by atoms with Gasteiger partial charge in [0, 0.05) is 31.4 Å². The Kier molecular flexibility index (Phi) is 29.4. The maximum absolute atomic E-state index is 14.2. The second-order valence-electron chi connectivity index (χ2n) is 18.5. The molecule has 71 heavy (non-hydrogen) atoms. The number of nitrogen functional groups attached to an aromatic ring is 1. The van der Waals surface area contributed by atoms with Gasteiger partial charge in [-0.05, 0) is 38.2 Å². The first-order valence-corrected chi connectivity index (χ1v) is 28.4. The number of cyclic esters (lactones) is 1. The number of anilines is 1. The van der Waals surface area contributed by atoms with Crippen LogP contribution < -0.4 is 11.4 Å². The number of allylic oxidation sites excluding steroid dienone is 2. The first-order valence-electron chi connectivity index (χ1n) is 25.5. The zero-order chi connectivity index (χ0) is 52.2. The Morgan fingerprint density at radius 1 is 0.873 bits per heavy atom. The number of phosphoric ester groups is 2. The third kappa shape index (κ3) is 24.6. The van der Waals surface area contributed by atoms with Crippen LogP contribution in [0.4, 0.5) is 5.82 Å². The van der Waals surface area contributed by atoms with Crippen LogP contribution in [0.5, 0.6) is 0 Å². The molecule has 0 spiro atoms. The van der Waals surface area contributed by atoms with Crippen LogP contribution in [-0.2, 0) is 51.1 Å². The molecule has 11 atom stereocenters. The topological polar surface area (TPSA) is 323 Å². The van der Waals surface area contributed by atoms with Crippen molar-refractivity contribution in [1.29, 1.82) is 0 Å². The predicted octanol–water partition coefficient (Wildman–Crippen LogP) is 6.81. The lowest BCUT2D eigenvalue weighted by Gasteiger charge is -2.38. The third-order valence-electron chi connectivity index (χ3n) is 12.4. The molecule has 0 aromatic carbocycles. The Bertz CT molecular complexity index is 1950. The van der Waals surface area contributed by atoms with Gasteiger partial charge >= 0.3 is 33.3 Å². The Labute approximate surface area is 417 Å². The summed E-state index contributed by atoms with van der Waals surface area (Å²) in [4.78, 5) is 78.2. The lowest BCUT2D eigenvalue weighted by molar-refractivity contribution is -0.183. The number of nitrogens with zero attached hydrogens (tertiary/aromatic N) is 2. The van der Waals surface area contributed by atoms with E-state index in [9.17, 15) is 58.5 Å². The average Bonchev–Trinajstić information content (AvgIpc) is 3.30. The first-order chi connectivity index (χ1) is 33.9. The van der Waals surface area contributed by atoms with E-state index in [4.69, 9.17) is 29.0 Å². The van der Waals surface area contributed by atoms with Gasteiger partial charge in [-0.25, -0.2) is 13.9 Å². The fraction of sp³-hybridized carbons (Fsp3) is 0.771. The SMILES string of the molecule is CCCCCCCCCCCCCCCC(=O)OC[C@@H]1COP(=O)(O)OP(=O)(O)OC[C@H]2O[C@@H](n3ccc(N)nc3=O)[C@@H](CC=CCCCC(=O)O1)C(=O)C[C@@H](O)[C@H](C=C[C@@H](O)CCCCC)[C@H](O)[C@@H]2O. The highest BCUT2D eigenvalue weighted by atomic mass is 31.3. The van der Waals surface area contributed by atoms with E-state index in [-0.39, 0.29) is 37.9 Å². The Morgan fingerprint density at radius 2 is 1.48 bits per heavy atom. The largest absolute Gasteiger partial charge is 0.481 e.